The Morgan fingerprint density at radius 2 is 2.24 bits per heavy atom. The number of thiazole rings is 1. The van der Waals surface area contributed by atoms with Gasteiger partial charge in [-0.1, -0.05) is 6.92 Å². The number of hydrogen-bond donors (Lipinski definition) is 1. The van der Waals surface area contributed by atoms with E-state index in [4.69, 9.17) is 10.5 Å². The maximum atomic E-state index is 5.68. The van der Waals surface area contributed by atoms with Gasteiger partial charge in [0.05, 0.1) is 21.8 Å². The van der Waals surface area contributed by atoms with Crippen LogP contribution in [0.3, 0.4) is 0 Å². The molecule has 4 heteroatoms. The van der Waals surface area contributed by atoms with Crippen LogP contribution in [0.15, 0.2) is 18.2 Å². The highest BCUT2D eigenvalue weighted by Gasteiger charge is 2.03. The minimum Gasteiger partial charge on any atom is -0.494 e. The number of aromatic nitrogens is 1. The predicted octanol–water partition coefficient (Wildman–Crippen LogP) is 2.98. The zero-order chi connectivity index (χ0) is 12.1. The van der Waals surface area contributed by atoms with E-state index in [0.717, 1.165) is 43.7 Å². The van der Waals surface area contributed by atoms with Gasteiger partial charge in [0.15, 0.2) is 0 Å². The molecule has 1 aromatic carbocycles. The van der Waals surface area contributed by atoms with Crippen molar-refractivity contribution in [1.82, 2.24) is 4.98 Å². The molecule has 0 aliphatic rings. The van der Waals surface area contributed by atoms with Crippen LogP contribution in [0.5, 0.6) is 5.75 Å². The van der Waals surface area contributed by atoms with Gasteiger partial charge >= 0.3 is 0 Å². The quantitative estimate of drug-likeness (QED) is 0.802. The summed E-state index contributed by atoms with van der Waals surface area (Å²) in [7, 11) is 0. The van der Waals surface area contributed by atoms with Gasteiger partial charge in [-0.2, -0.15) is 0 Å². The Morgan fingerprint density at radius 1 is 1.35 bits per heavy atom. The summed E-state index contributed by atoms with van der Waals surface area (Å²) in [6, 6.07) is 6.10. The molecule has 0 spiro atoms. The molecule has 0 saturated heterocycles. The predicted molar refractivity (Wildman–Crippen MR) is 72.8 cm³/mol. The van der Waals surface area contributed by atoms with Gasteiger partial charge in [0, 0.05) is 0 Å². The van der Waals surface area contributed by atoms with E-state index in [-0.39, 0.29) is 0 Å². The molecule has 0 amide bonds. The first-order valence-corrected chi connectivity index (χ1v) is 6.87. The number of ether oxygens (including phenoxy) is 1. The number of unbranched alkanes of at least 4 members (excludes halogenated alkanes) is 1. The van der Waals surface area contributed by atoms with Gasteiger partial charge in [0.25, 0.3) is 0 Å². The average Bonchev–Trinajstić information content (AvgIpc) is 2.77. The van der Waals surface area contributed by atoms with Gasteiger partial charge in [-0.3, -0.25) is 0 Å². The van der Waals surface area contributed by atoms with Crippen molar-refractivity contribution in [1.29, 1.82) is 0 Å². The first kappa shape index (κ1) is 12.3. The van der Waals surface area contributed by atoms with Crippen molar-refractivity contribution in [3.63, 3.8) is 0 Å². The molecule has 1 heterocycles. The number of nitrogens with zero attached hydrogens (tertiary/aromatic N) is 1. The fourth-order valence-corrected chi connectivity index (χ4v) is 2.57. The van der Waals surface area contributed by atoms with Gasteiger partial charge in [0.1, 0.15) is 5.75 Å². The zero-order valence-corrected chi connectivity index (χ0v) is 10.9. The van der Waals surface area contributed by atoms with Crippen molar-refractivity contribution in [2.75, 3.05) is 13.2 Å². The van der Waals surface area contributed by atoms with Crippen LogP contribution in [0.1, 0.15) is 24.8 Å². The van der Waals surface area contributed by atoms with Gasteiger partial charge < -0.3 is 10.5 Å². The third kappa shape index (κ3) is 3.17. The Balaban J connectivity index is 2.03. The smallest absolute Gasteiger partial charge is 0.120 e. The summed E-state index contributed by atoms with van der Waals surface area (Å²) in [5.74, 6) is 0.931. The third-order valence-corrected chi connectivity index (χ3v) is 3.74. The van der Waals surface area contributed by atoms with Gasteiger partial charge in [-0.25, -0.2) is 4.98 Å². The summed E-state index contributed by atoms with van der Waals surface area (Å²) in [4.78, 5) is 4.53. The van der Waals surface area contributed by atoms with Crippen LogP contribution in [-0.2, 0) is 6.42 Å². The Labute approximate surface area is 106 Å². The number of aryl methyl sites for hydroxylation is 1. The van der Waals surface area contributed by atoms with E-state index < -0.39 is 0 Å². The van der Waals surface area contributed by atoms with E-state index in [1.54, 1.807) is 11.3 Å². The lowest BCUT2D eigenvalue weighted by atomic mass is 10.3. The fourth-order valence-electron chi connectivity index (χ4n) is 1.63. The monoisotopic (exact) mass is 250 g/mol. The molecule has 0 radical (unpaired) electrons. The first-order chi connectivity index (χ1) is 8.33. The SMILES string of the molecule is CCc1nc2ccc(OCCCCN)cc2s1. The molecule has 2 aromatic rings. The van der Waals surface area contributed by atoms with Crippen LogP contribution in [-0.4, -0.2) is 18.1 Å². The van der Waals surface area contributed by atoms with Crippen LogP contribution in [0, 0.1) is 0 Å². The van der Waals surface area contributed by atoms with E-state index in [2.05, 4.69) is 18.0 Å². The third-order valence-electron chi connectivity index (χ3n) is 2.57. The highest BCUT2D eigenvalue weighted by Crippen LogP contribution is 2.26. The molecule has 2 rings (SSSR count). The molecule has 0 fully saturated rings. The average molecular weight is 250 g/mol. The van der Waals surface area contributed by atoms with E-state index >= 15 is 0 Å². The minimum atomic E-state index is 0.733. The second kappa shape index (κ2) is 5.98. The van der Waals surface area contributed by atoms with Crippen molar-refractivity contribution >= 4 is 21.6 Å². The topological polar surface area (TPSA) is 48.1 Å². The number of hydrogen-bond acceptors (Lipinski definition) is 4. The van der Waals surface area contributed by atoms with Crippen molar-refractivity contribution in [2.24, 2.45) is 5.73 Å². The van der Waals surface area contributed by atoms with Crippen LogP contribution < -0.4 is 10.5 Å². The molecular formula is C13H18N2OS. The maximum Gasteiger partial charge on any atom is 0.120 e. The molecule has 1 aromatic heterocycles. The Kier molecular flexibility index (Phi) is 4.34. The maximum absolute atomic E-state index is 5.68. The standard InChI is InChI=1S/C13H18N2OS/c1-2-13-15-11-6-5-10(9-12(11)17-13)16-8-4-3-7-14/h5-6,9H,2-4,7-8,14H2,1H3. The van der Waals surface area contributed by atoms with E-state index in [1.165, 1.54) is 9.71 Å². The van der Waals surface area contributed by atoms with Crippen molar-refractivity contribution in [3.8, 4) is 5.75 Å². The molecule has 0 bridgehead atoms. The fraction of sp³-hybridized carbons (Fsp3) is 0.462. The summed E-state index contributed by atoms with van der Waals surface area (Å²) in [5.41, 5.74) is 6.51. The molecule has 3 nitrogen and oxygen atoms in total. The van der Waals surface area contributed by atoms with Gasteiger partial charge in [0.2, 0.25) is 0 Å². The summed E-state index contributed by atoms with van der Waals surface area (Å²) >= 11 is 1.74. The molecule has 0 aliphatic carbocycles. The van der Waals surface area contributed by atoms with Gasteiger partial charge in [-0.15, -0.1) is 11.3 Å². The molecular weight excluding hydrogens is 232 g/mol. The number of nitrogens with two attached hydrogens (primary N) is 1. The number of rotatable bonds is 6. The summed E-state index contributed by atoms with van der Waals surface area (Å²) in [6.07, 6.45) is 3.02. The molecule has 2 N–H and O–H groups in total. The lowest BCUT2D eigenvalue weighted by molar-refractivity contribution is 0.308. The highest BCUT2D eigenvalue weighted by atomic mass is 32.1. The zero-order valence-electron chi connectivity index (χ0n) is 10.1. The largest absolute Gasteiger partial charge is 0.494 e. The number of benzene rings is 1. The second-order valence-electron chi connectivity index (χ2n) is 3.93. The van der Waals surface area contributed by atoms with Crippen molar-refractivity contribution in [2.45, 2.75) is 26.2 Å². The normalized spacial score (nSPS) is 10.9. The molecule has 92 valence electrons. The Bertz CT molecular complexity index is 481. The van der Waals surface area contributed by atoms with Crippen LogP contribution in [0.4, 0.5) is 0 Å². The van der Waals surface area contributed by atoms with Gasteiger partial charge in [-0.05, 0) is 44.0 Å². The Hall–Kier alpha value is -1.13. The summed E-state index contributed by atoms with van der Waals surface area (Å²) in [6.45, 7) is 3.60. The van der Waals surface area contributed by atoms with Crippen molar-refractivity contribution < 1.29 is 4.74 Å². The first-order valence-electron chi connectivity index (χ1n) is 6.06. The molecule has 0 unspecified atom stereocenters. The minimum absolute atomic E-state index is 0.733. The molecule has 17 heavy (non-hydrogen) atoms. The van der Waals surface area contributed by atoms with Crippen LogP contribution in [0.25, 0.3) is 10.2 Å². The lowest BCUT2D eigenvalue weighted by Crippen LogP contribution is -2.03. The molecule has 0 saturated carbocycles. The summed E-state index contributed by atoms with van der Waals surface area (Å²) in [5, 5.41) is 1.18. The van der Waals surface area contributed by atoms with E-state index in [9.17, 15) is 0 Å². The summed E-state index contributed by atoms with van der Waals surface area (Å²) < 4.78 is 6.89. The molecule has 0 aliphatic heterocycles. The van der Waals surface area contributed by atoms with Crippen LogP contribution >= 0.6 is 11.3 Å². The Morgan fingerprint density at radius 3 is 3.00 bits per heavy atom. The molecule has 0 atom stereocenters. The van der Waals surface area contributed by atoms with Crippen molar-refractivity contribution in [3.05, 3.63) is 23.2 Å². The number of fused-ring (bicyclic) bond motifs is 1. The van der Waals surface area contributed by atoms with E-state index in [0.29, 0.717) is 0 Å². The van der Waals surface area contributed by atoms with Crippen LogP contribution in [0.2, 0.25) is 0 Å². The second-order valence-corrected chi connectivity index (χ2v) is 5.05. The lowest BCUT2D eigenvalue weighted by Gasteiger charge is -2.04. The van der Waals surface area contributed by atoms with E-state index in [1.807, 2.05) is 12.1 Å². The highest BCUT2D eigenvalue weighted by molar-refractivity contribution is 7.18.